The smallest absolute Gasteiger partial charge is 0.243 e. The molecule has 1 aromatic heterocycles. The van der Waals surface area contributed by atoms with E-state index in [-0.39, 0.29) is 4.90 Å². The molecule has 1 aliphatic heterocycles. The molecule has 2 heterocycles. The van der Waals surface area contributed by atoms with Gasteiger partial charge in [-0.05, 0) is 38.1 Å². The maximum absolute atomic E-state index is 13.5. The van der Waals surface area contributed by atoms with E-state index in [1.54, 1.807) is 18.2 Å². The average molecular weight is 519 g/mol. The van der Waals surface area contributed by atoms with Gasteiger partial charge in [0.05, 0.1) is 23.6 Å². The Kier molecular flexibility index (Phi) is 7.25. The normalized spacial score (nSPS) is 14.6. The van der Waals surface area contributed by atoms with Gasteiger partial charge in [-0.3, -0.25) is 0 Å². The Hall–Kier alpha value is -3.69. The number of para-hydroxylation sites is 1. The molecular weight excluding hydrogens is 488 g/mol. The third-order valence-corrected chi connectivity index (χ3v) is 8.20. The van der Waals surface area contributed by atoms with Gasteiger partial charge in [-0.1, -0.05) is 42.5 Å². The van der Waals surface area contributed by atoms with Crippen LogP contribution in [0.2, 0.25) is 0 Å². The zero-order chi connectivity index (χ0) is 25.8. The second kappa shape index (κ2) is 10.7. The fourth-order valence-electron chi connectivity index (χ4n) is 4.50. The minimum absolute atomic E-state index is 0.201. The Balaban J connectivity index is 1.40. The molecule has 0 bridgehead atoms. The van der Waals surface area contributed by atoms with Crippen LogP contribution in [0.15, 0.2) is 77.7 Å². The van der Waals surface area contributed by atoms with E-state index in [1.807, 2.05) is 68.4 Å². The van der Waals surface area contributed by atoms with Crippen molar-refractivity contribution >= 4 is 26.7 Å². The van der Waals surface area contributed by atoms with Crippen LogP contribution in [0.4, 0.5) is 5.82 Å². The standard InChI is InChI=1S/C28H30N4O4S/c1-3-35-25-15-14-22(20-26(25)36-4-2)37(33,34)32-18-16-31(17-19-32)28-23-12-8-9-13-24(23)29-27(30-28)21-10-6-5-7-11-21/h5-15,20H,3-4,16-19H2,1-2H3. The molecule has 1 aliphatic rings. The van der Waals surface area contributed by atoms with Crippen LogP contribution in [0.25, 0.3) is 22.3 Å². The number of benzene rings is 3. The van der Waals surface area contributed by atoms with Crippen LogP contribution in [-0.4, -0.2) is 62.1 Å². The number of hydrogen-bond acceptors (Lipinski definition) is 7. The highest BCUT2D eigenvalue weighted by molar-refractivity contribution is 7.89. The first-order valence-corrected chi connectivity index (χ1v) is 13.9. The summed E-state index contributed by atoms with van der Waals surface area (Å²) in [4.78, 5) is 12.0. The molecule has 4 aromatic rings. The molecule has 0 N–H and O–H groups in total. The van der Waals surface area contributed by atoms with Crippen molar-refractivity contribution in [1.29, 1.82) is 0 Å². The molecule has 0 unspecified atom stereocenters. The molecule has 5 rings (SSSR count). The Bertz CT molecular complexity index is 1490. The van der Waals surface area contributed by atoms with E-state index in [2.05, 4.69) is 4.90 Å². The monoisotopic (exact) mass is 518 g/mol. The van der Waals surface area contributed by atoms with Crippen LogP contribution in [0.3, 0.4) is 0 Å². The van der Waals surface area contributed by atoms with Gasteiger partial charge in [0, 0.05) is 43.2 Å². The second-order valence-corrected chi connectivity index (χ2v) is 10.6. The minimum Gasteiger partial charge on any atom is -0.490 e. The fourth-order valence-corrected chi connectivity index (χ4v) is 5.94. The Morgan fingerprint density at radius 2 is 1.46 bits per heavy atom. The van der Waals surface area contributed by atoms with Gasteiger partial charge < -0.3 is 14.4 Å². The van der Waals surface area contributed by atoms with E-state index >= 15 is 0 Å². The van der Waals surface area contributed by atoms with Crippen LogP contribution in [0, 0.1) is 0 Å². The first kappa shape index (κ1) is 25.0. The fraction of sp³-hybridized carbons (Fsp3) is 0.286. The highest BCUT2D eigenvalue weighted by atomic mass is 32.2. The van der Waals surface area contributed by atoms with Crippen molar-refractivity contribution in [2.45, 2.75) is 18.7 Å². The Morgan fingerprint density at radius 1 is 0.784 bits per heavy atom. The molecule has 0 spiro atoms. The van der Waals surface area contributed by atoms with Crippen LogP contribution in [-0.2, 0) is 10.0 Å². The summed E-state index contributed by atoms with van der Waals surface area (Å²) in [6.07, 6.45) is 0. The van der Waals surface area contributed by atoms with E-state index in [0.29, 0.717) is 56.7 Å². The minimum atomic E-state index is -3.70. The second-order valence-electron chi connectivity index (χ2n) is 8.62. The number of sulfonamides is 1. The van der Waals surface area contributed by atoms with Crippen molar-refractivity contribution in [3.8, 4) is 22.9 Å². The van der Waals surface area contributed by atoms with E-state index in [4.69, 9.17) is 19.4 Å². The van der Waals surface area contributed by atoms with Crippen LogP contribution in [0.5, 0.6) is 11.5 Å². The van der Waals surface area contributed by atoms with Gasteiger partial charge in [0.1, 0.15) is 5.82 Å². The predicted octanol–water partition coefficient (Wildman–Crippen LogP) is 4.61. The van der Waals surface area contributed by atoms with Gasteiger partial charge in [0.25, 0.3) is 0 Å². The average Bonchev–Trinajstić information content (AvgIpc) is 2.94. The highest BCUT2D eigenvalue weighted by Crippen LogP contribution is 2.33. The maximum atomic E-state index is 13.5. The number of aromatic nitrogens is 2. The summed E-state index contributed by atoms with van der Waals surface area (Å²) in [6.45, 7) is 6.35. The summed E-state index contributed by atoms with van der Waals surface area (Å²) in [5, 5.41) is 0.950. The first-order valence-electron chi connectivity index (χ1n) is 12.5. The van der Waals surface area contributed by atoms with Gasteiger partial charge in [-0.2, -0.15) is 4.31 Å². The molecule has 0 amide bonds. The third kappa shape index (κ3) is 5.10. The number of fused-ring (bicyclic) bond motifs is 1. The van der Waals surface area contributed by atoms with Crippen LogP contribution in [0.1, 0.15) is 13.8 Å². The molecule has 8 nitrogen and oxygen atoms in total. The van der Waals surface area contributed by atoms with E-state index in [9.17, 15) is 8.42 Å². The van der Waals surface area contributed by atoms with Crippen molar-refractivity contribution < 1.29 is 17.9 Å². The lowest BCUT2D eigenvalue weighted by molar-refractivity contribution is 0.287. The molecular formula is C28H30N4O4S. The Labute approximate surface area is 217 Å². The van der Waals surface area contributed by atoms with Gasteiger partial charge in [-0.15, -0.1) is 0 Å². The number of hydrogen-bond donors (Lipinski definition) is 0. The molecule has 192 valence electrons. The molecule has 3 aromatic carbocycles. The topological polar surface area (TPSA) is 84.9 Å². The van der Waals surface area contributed by atoms with Crippen LogP contribution < -0.4 is 14.4 Å². The SMILES string of the molecule is CCOc1ccc(S(=O)(=O)N2CCN(c3nc(-c4ccccc4)nc4ccccc34)CC2)cc1OCC. The molecule has 9 heteroatoms. The number of rotatable bonds is 8. The van der Waals surface area contributed by atoms with Crippen molar-refractivity contribution in [1.82, 2.24) is 14.3 Å². The largest absolute Gasteiger partial charge is 0.490 e. The molecule has 0 aliphatic carbocycles. The lowest BCUT2D eigenvalue weighted by atomic mass is 10.1. The lowest BCUT2D eigenvalue weighted by Gasteiger charge is -2.35. The maximum Gasteiger partial charge on any atom is 0.243 e. The van der Waals surface area contributed by atoms with Gasteiger partial charge in [0.15, 0.2) is 17.3 Å². The van der Waals surface area contributed by atoms with Gasteiger partial charge >= 0.3 is 0 Å². The Morgan fingerprint density at radius 3 is 2.19 bits per heavy atom. The molecule has 1 fully saturated rings. The van der Waals surface area contributed by atoms with Crippen LogP contribution >= 0.6 is 0 Å². The van der Waals surface area contributed by atoms with Crippen molar-refractivity contribution in [2.75, 3.05) is 44.3 Å². The quantitative estimate of drug-likeness (QED) is 0.337. The number of nitrogens with zero attached hydrogens (tertiary/aromatic N) is 4. The number of piperazine rings is 1. The number of anilines is 1. The third-order valence-electron chi connectivity index (χ3n) is 6.31. The summed E-state index contributed by atoms with van der Waals surface area (Å²) in [5.74, 6) is 2.45. The molecule has 0 atom stereocenters. The van der Waals surface area contributed by atoms with Crippen molar-refractivity contribution in [3.05, 3.63) is 72.8 Å². The summed E-state index contributed by atoms with van der Waals surface area (Å²) >= 11 is 0. The van der Waals surface area contributed by atoms with Crippen molar-refractivity contribution in [2.24, 2.45) is 0 Å². The zero-order valence-corrected chi connectivity index (χ0v) is 21.8. The lowest BCUT2D eigenvalue weighted by Crippen LogP contribution is -2.49. The van der Waals surface area contributed by atoms with E-state index < -0.39 is 10.0 Å². The highest BCUT2D eigenvalue weighted by Gasteiger charge is 2.30. The van der Waals surface area contributed by atoms with E-state index in [1.165, 1.54) is 4.31 Å². The molecule has 0 saturated carbocycles. The van der Waals surface area contributed by atoms with Gasteiger partial charge in [-0.25, -0.2) is 18.4 Å². The molecule has 0 radical (unpaired) electrons. The molecule has 37 heavy (non-hydrogen) atoms. The first-order chi connectivity index (χ1) is 18.0. The van der Waals surface area contributed by atoms with Crippen molar-refractivity contribution in [3.63, 3.8) is 0 Å². The summed E-state index contributed by atoms with van der Waals surface area (Å²) in [5.41, 5.74) is 1.80. The predicted molar refractivity (Wildman–Crippen MR) is 145 cm³/mol. The zero-order valence-electron chi connectivity index (χ0n) is 21.0. The van der Waals surface area contributed by atoms with Gasteiger partial charge in [0.2, 0.25) is 10.0 Å². The van der Waals surface area contributed by atoms with E-state index in [0.717, 1.165) is 22.3 Å². The molecule has 1 saturated heterocycles. The summed E-state index contributed by atoms with van der Waals surface area (Å²) in [6, 6.07) is 22.6. The number of ether oxygens (including phenoxy) is 2. The summed E-state index contributed by atoms with van der Waals surface area (Å²) in [7, 11) is -3.70. The summed E-state index contributed by atoms with van der Waals surface area (Å²) < 4.78 is 39.7.